The third-order valence-electron chi connectivity index (χ3n) is 3.04. The highest BCUT2D eigenvalue weighted by molar-refractivity contribution is 8.14. The van der Waals surface area contributed by atoms with E-state index in [1.165, 1.54) is 12.1 Å². The van der Waals surface area contributed by atoms with Crippen molar-refractivity contribution in [1.29, 1.82) is 0 Å². The van der Waals surface area contributed by atoms with Crippen LogP contribution < -0.4 is 10.1 Å². The summed E-state index contributed by atoms with van der Waals surface area (Å²) in [5.74, 6) is 1.24. The first-order valence-electron chi connectivity index (χ1n) is 6.67. The van der Waals surface area contributed by atoms with E-state index in [0.717, 1.165) is 17.3 Å². The first-order valence-corrected chi connectivity index (χ1v) is 7.65. The molecule has 0 radical (unpaired) electrons. The third kappa shape index (κ3) is 5.15. The highest BCUT2D eigenvalue weighted by Gasteiger charge is 2.31. The van der Waals surface area contributed by atoms with Gasteiger partial charge in [-0.05, 0) is 36.6 Å². The Bertz CT molecular complexity index is 500. The monoisotopic (exact) mass is 318 g/mol. The number of alkyl halides is 3. The van der Waals surface area contributed by atoms with Gasteiger partial charge in [-0.1, -0.05) is 25.6 Å². The van der Waals surface area contributed by atoms with Crippen molar-refractivity contribution in [3.63, 3.8) is 0 Å². The van der Waals surface area contributed by atoms with E-state index < -0.39 is 6.36 Å². The summed E-state index contributed by atoms with van der Waals surface area (Å²) < 4.78 is 40.1. The lowest BCUT2D eigenvalue weighted by Gasteiger charge is -2.23. The number of rotatable bonds is 3. The van der Waals surface area contributed by atoms with Gasteiger partial charge >= 0.3 is 6.36 Å². The highest BCUT2D eigenvalue weighted by atomic mass is 32.2. The van der Waals surface area contributed by atoms with Crippen molar-refractivity contribution in [2.75, 3.05) is 11.1 Å². The minimum absolute atomic E-state index is 0.230. The summed E-state index contributed by atoms with van der Waals surface area (Å²) in [5, 5.41) is 3.94. The lowest BCUT2D eigenvalue weighted by molar-refractivity contribution is -0.274. The van der Waals surface area contributed by atoms with Gasteiger partial charge in [0.15, 0.2) is 5.17 Å². The highest BCUT2D eigenvalue weighted by Crippen LogP contribution is 2.26. The molecule has 1 aromatic rings. The molecule has 3 nitrogen and oxygen atoms in total. The molecule has 1 heterocycles. The van der Waals surface area contributed by atoms with E-state index in [2.05, 4.69) is 28.9 Å². The van der Waals surface area contributed by atoms with Crippen molar-refractivity contribution in [3.05, 3.63) is 24.3 Å². The van der Waals surface area contributed by atoms with E-state index in [1.807, 2.05) is 0 Å². The number of hydrogen-bond acceptors (Lipinski definition) is 4. The molecule has 1 aliphatic heterocycles. The molecule has 2 rings (SSSR count). The van der Waals surface area contributed by atoms with Gasteiger partial charge in [-0.3, -0.25) is 4.99 Å². The first kappa shape index (κ1) is 16.0. The van der Waals surface area contributed by atoms with Gasteiger partial charge in [0.25, 0.3) is 0 Å². The fourth-order valence-corrected chi connectivity index (χ4v) is 2.90. The van der Waals surface area contributed by atoms with Crippen LogP contribution in [-0.4, -0.2) is 23.3 Å². The third-order valence-corrected chi connectivity index (χ3v) is 3.96. The van der Waals surface area contributed by atoms with Crippen LogP contribution in [0.1, 0.15) is 20.3 Å². The van der Waals surface area contributed by atoms with E-state index in [-0.39, 0.29) is 5.75 Å². The van der Waals surface area contributed by atoms with Crippen LogP contribution in [0.25, 0.3) is 0 Å². The maximum atomic E-state index is 12.1. The van der Waals surface area contributed by atoms with Crippen LogP contribution in [0.4, 0.5) is 18.9 Å². The van der Waals surface area contributed by atoms with Crippen LogP contribution in [0.2, 0.25) is 0 Å². The topological polar surface area (TPSA) is 33.6 Å². The molecule has 1 atom stereocenters. The van der Waals surface area contributed by atoms with Crippen molar-refractivity contribution in [2.45, 2.75) is 32.7 Å². The number of amidine groups is 1. The molecule has 0 saturated heterocycles. The Morgan fingerprint density at radius 2 is 1.95 bits per heavy atom. The largest absolute Gasteiger partial charge is 0.573 e. The van der Waals surface area contributed by atoms with Gasteiger partial charge in [0.1, 0.15) is 5.75 Å². The number of aliphatic imine (C=N–C) groups is 1. The number of halogens is 3. The van der Waals surface area contributed by atoms with E-state index >= 15 is 0 Å². The van der Waals surface area contributed by atoms with Crippen LogP contribution in [0.3, 0.4) is 0 Å². The molecular formula is C14H17F3N2OS. The zero-order valence-corrected chi connectivity index (χ0v) is 12.6. The summed E-state index contributed by atoms with van der Waals surface area (Å²) in [4.78, 5) is 4.62. The van der Waals surface area contributed by atoms with Gasteiger partial charge in [-0.2, -0.15) is 0 Å². The molecule has 1 unspecified atom stereocenters. The van der Waals surface area contributed by atoms with Crippen molar-refractivity contribution in [2.24, 2.45) is 10.9 Å². The fraction of sp³-hybridized carbons (Fsp3) is 0.500. The second kappa shape index (κ2) is 6.60. The Hall–Kier alpha value is -1.37. The predicted octanol–water partition coefficient (Wildman–Crippen LogP) is 4.51. The molecule has 0 aromatic heterocycles. The Kier molecular flexibility index (Phi) is 5.03. The second-order valence-electron chi connectivity index (χ2n) is 5.08. The molecule has 116 valence electrons. The van der Waals surface area contributed by atoms with Crippen molar-refractivity contribution in [3.8, 4) is 5.75 Å². The summed E-state index contributed by atoms with van der Waals surface area (Å²) in [6, 6.07) is 5.95. The Labute approximate surface area is 126 Å². The van der Waals surface area contributed by atoms with Crippen LogP contribution in [0.5, 0.6) is 5.75 Å². The van der Waals surface area contributed by atoms with Crippen LogP contribution in [-0.2, 0) is 0 Å². The minimum Gasteiger partial charge on any atom is -0.406 e. The molecule has 0 spiro atoms. The molecule has 0 amide bonds. The van der Waals surface area contributed by atoms with Gasteiger partial charge in [0.05, 0.1) is 6.04 Å². The Morgan fingerprint density at radius 3 is 2.52 bits per heavy atom. The second-order valence-corrected chi connectivity index (χ2v) is 6.16. The van der Waals surface area contributed by atoms with Gasteiger partial charge < -0.3 is 10.1 Å². The maximum Gasteiger partial charge on any atom is 0.573 e. The normalized spacial score (nSPS) is 19.3. The molecule has 0 fully saturated rings. The van der Waals surface area contributed by atoms with Crippen molar-refractivity contribution < 1.29 is 17.9 Å². The van der Waals surface area contributed by atoms with E-state index in [4.69, 9.17) is 0 Å². The minimum atomic E-state index is -4.66. The van der Waals surface area contributed by atoms with E-state index in [1.54, 1.807) is 23.9 Å². The quantitative estimate of drug-likeness (QED) is 0.890. The lowest BCUT2D eigenvalue weighted by atomic mass is 10.0. The number of nitrogens with one attached hydrogen (secondary N) is 1. The summed E-state index contributed by atoms with van der Waals surface area (Å²) in [6.45, 7) is 4.26. The predicted molar refractivity (Wildman–Crippen MR) is 79.9 cm³/mol. The standard InChI is InChI=1S/C14H17F3N2OS/c1-9(2)12-7-8-21-13(19-12)18-10-3-5-11(6-4-10)20-14(15,16)17/h3-6,9,12H,7-8H2,1-2H3,(H,18,19). The summed E-state index contributed by atoms with van der Waals surface area (Å²) >= 11 is 1.62. The van der Waals surface area contributed by atoms with Crippen LogP contribution >= 0.6 is 11.8 Å². The van der Waals surface area contributed by atoms with E-state index in [0.29, 0.717) is 17.6 Å². The Morgan fingerprint density at radius 1 is 1.29 bits per heavy atom. The number of anilines is 1. The molecule has 1 aromatic carbocycles. The maximum absolute atomic E-state index is 12.1. The SMILES string of the molecule is CC(C)C1CCSC(Nc2ccc(OC(F)(F)F)cc2)=N1. The van der Waals surface area contributed by atoms with Crippen molar-refractivity contribution >= 4 is 22.6 Å². The molecule has 0 bridgehead atoms. The first-order chi connectivity index (χ1) is 9.83. The summed E-state index contributed by atoms with van der Waals surface area (Å²) in [5.41, 5.74) is 0.695. The van der Waals surface area contributed by atoms with E-state index in [9.17, 15) is 13.2 Å². The zero-order valence-electron chi connectivity index (χ0n) is 11.8. The average Bonchev–Trinajstić information content (AvgIpc) is 2.40. The molecule has 0 aliphatic carbocycles. The number of hydrogen-bond donors (Lipinski definition) is 1. The lowest BCUT2D eigenvalue weighted by Crippen LogP contribution is -2.23. The molecule has 0 saturated carbocycles. The average molecular weight is 318 g/mol. The van der Waals surface area contributed by atoms with Gasteiger partial charge in [-0.15, -0.1) is 13.2 Å². The van der Waals surface area contributed by atoms with Gasteiger partial charge in [-0.25, -0.2) is 0 Å². The summed E-state index contributed by atoms with van der Waals surface area (Å²) in [7, 11) is 0. The smallest absolute Gasteiger partial charge is 0.406 e. The molecular weight excluding hydrogens is 301 g/mol. The molecule has 7 heteroatoms. The van der Waals surface area contributed by atoms with Gasteiger partial charge in [0.2, 0.25) is 0 Å². The van der Waals surface area contributed by atoms with Crippen LogP contribution in [0, 0.1) is 5.92 Å². The molecule has 21 heavy (non-hydrogen) atoms. The molecule has 1 aliphatic rings. The van der Waals surface area contributed by atoms with Gasteiger partial charge in [0, 0.05) is 11.4 Å². The number of thioether (sulfide) groups is 1. The Balaban J connectivity index is 2.00. The number of ether oxygens (including phenoxy) is 1. The number of nitrogens with zero attached hydrogens (tertiary/aromatic N) is 1. The number of benzene rings is 1. The zero-order chi connectivity index (χ0) is 15.5. The fourth-order valence-electron chi connectivity index (χ4n) is 1.94. The van der Waals surface area contributed by atoms with Crippen molar-refractivity contribution in [1.82, 2.24) is 0 Å². The summed E-state index contributed by atoms with van der Waals surface area (Å²) in [6.07, 6.45) is -3.62. The molecule has 1 N–H and O–H groups in total. The van der Waals surface area contributed by atoms with Crippen LogP contribution in [0.15, 0.2) is 29.3 Å².